The van der Waals surface area contributed by atoms with Gasteiger partial charge in [0.1, 0.15) is 6.04 Å². The Balaban J connectivity index is 1.55. The maximum atomic E-state index is 12.7. The van der Waals surface area contributed by atoms with Crippen LogP contribution in [0, 0.1) is 0 Å². The minimum Gasteiger partial charge on any atom is -0.339 e. The van der Waals surface area contributed by atoms with Gasteiger partial charge in [-0.3, -0.25) is 9.69 Å². The molecule has 0 N–H and O–H groups in total. The zero-order chi connectivity index (χ0) is 17.3. The fourth-order valence-electron chi connectivity index (χ4n) is 3.38. The molecule has 3 heterocycles. The van der Waals surface area contributed by atoms with Crippen LogP contribution in [0.1, 0.15) is 17.7 Å². The molecule has 1 atom stereocenters. The SMILES string of the molecule is CS(=O)(=O)N1CCCC1C(=O)N1CCN(Cc2ccc(Cl)s2)CC1. The van der Waals surface area contributed by atoms with Crippen LogP contribution < -0.4 is 0 Å². The van der Waals surface area contributed by atoms with Crippen LogP contribution in [0.15, 0.2) is 12.1 Å². The topological polar surface area (TPSA) is 60.9 Å². The summed E-state index contributed by atoms with van der Waals surface area (Å²) in [6.07, 6.45) is 2.56. The van der Waals surface area contributed by atoms with Gasteiger partial charge in [-0.15, -0.1) is 11.3 Å². The van der Waals surface area contributed by atoms with E-state index in [1.807, 2.05) is 17.0 Å². The zero-order valence-electron chi connectivity index (χ0n) is 13.6. The summed E-state index contributed by atoms with van der Waals surface area (Å²) in [5, 5.41) is 0. The summed E-state index contributed by atoms with van der Waals surface area (Å²) in [5.41, 5.74) is 0. The fourth-order valence-corrected chi connectivity index (χ4v) is 5.63. The lowest BCUT2D eigenvalue weighted by atomic mass is 10.2. The predicted molar refractivity (Wildman–Crippen MR) is 95.8 cm³/mol. The number of halogens is 1. The van der Waals surface area contributed by atoms with Crippen molar-refractivity contribution in [2.45, 2.75) is 25.4 Å². The average molecular weight is 392 g/mol. The van der Waals surface area contributed by atoms with Crippen LogP contribution in [0.3, 0.4) is 0 Å². The van der Waals surface area contributed by atoms with Crippen LogP contribution in [0.25, 0.3) is 0 Å². The van der Waals surface area contributed by atoms with Crippen molar-refractivity contribution in [1.29, 1.82) is 0 Å². The summed E-state index contributed by atoms with van der Waals surface area (Å²) < 4.78 is 25.8. The van der Waals surface area contributed by atoms with Crippen molar-refractivity contribution in [3.05, 3.63) is 21.3 Å². The Bertz CT molecular complexity index is 699. The molecule has 134 valence electrons. The molecule has 0 spiro atoms. The molecule has 2 saturated heterocycles. The van der Waals surface area contributed by atoms with Crippen molar-refractivity contribution in [1.82, 2.24) is 14.1 Å². The van der Waals surface area contributed by atoms with Gasteiger partial charge in [0.15, 0.2) is 0 Å². The monoisotopic (exact) mass is 391 g/mol. The van der Waals surface area contributed by atoms with E-state index in [0.717, 1.165) is 30.4 Å². The second-order valence-corrected chi connectivity index (χ2v) is 10.1. The van der Waals surface area contributed by atoms with Crippen LogP contribution >= 0.6 is 22.9 Å². The molecule has 0 aliphatic carbocycles. The highest BCUT2D eigenvalue weighted by Crippen LogP contribution is 2.25. The number of rotatable bonds is 4. The first-order valence-electron chi connectivity index (χ1n) is 8.07. The minimum absolute atomic E-state index is 0.0447. The van der Waals surface area contributed by atoms with E-state index < -0.39 is 16.1 Å². The number of piperazine rings is 1. The lowest BCUT2D eigenvalue weighted by molar-refractivity contribution is -0.136. The van der Waals surface area contributed by atoms with E-state index in [2.05, 4.69) is 4.90 Å². The molecule has 1 aromatic rings. The minimum atomic E-state index is -3.32. The van der Waals surface area contributed by atoms with Crippen molar-refractivity contribution < 1.29 is 13.2 Å². The molecule has 1 aromatic heterocycles. The molecule has 0 saturated carbocycles. The fraction of sp³-hybridized carbons (Fsp3) is 0.667. The lowest BCUT2D eigenvalue weighted by Crippen LogP contribution is -2.54. The quantitative estimate of drug-likeness (QED) is 0.779. The molecule has 2 aliphatic rings. The number of carbonyl (C=O) groups excluding carboxylic acids is 1. The van der Waals surface area contributed by atoms with Gasteiger partial charge in [0.25, 0.3) is 0 Å². The molecule has 1 amide bonds. The van der Waals surface area contributed by atoms with Gasteiger partial charge in [0, 0.05) is 44.1 Å². The summed E-state index contributed by atoms with van der Waals surface area (Å²) in [5.74, 6) is -0.0447. The van der Waals surface area contributed by atoms with Crippen LogP contribution in [0.2, 0.25) is 4.34 Å². The van der Waals surface area contributed by atoms with Crippen molar-refractivity contribution in [2.24, 2.45) is 0 Å². The standard InChI is InChI=1S/C15H22ClN3O3S2/c1-24(21,22)19-6-2-3-13(19)15(20)18-9-7-17(8-10-18)11-12-4-5-14(16)23-12/h4-5,13H,2-3,6-11H2,1H3. The van der Waals surface area contributed by atoms with Crippen LogP contribution in [0.5, 0.6) is 0 Å². The summed E-state index contributed by atoms with van der Waals surface area (Å²) in [6, 6.07) is 3.43. The number of hydrogen-bond donors (Lipinski definition) is 0. The highest BCUT2D eigenvalue weighted by Gasteiger charge is 2.39. The number of nitrogens with zero attached hydrogens (tertiary/aromatic N) is 3. The van der Waals surface area contributed by atoms with E-state index in [-0.39, 0.29) is 5.91 Å². The summed E-state index contributed by atoms with van der Waals surface area (Å²) in [6.45, 7) is 4.18. The molecule has 9 heteroatoms. The third kappa shape index (κ3) is 4.11. The number of thiophene rings is 1. The van der Waals surface area contributed by atoms with Crippen LogP contribution in [-0.2, 0) is 21.4 Å². The average Bonchev–Trinajstić information content (AvgIpc) is 3.16. The van der Waals surface area contributed by atoms with E-state index in [0.29, 0.717) is 26.1 Å². The first kappa shape index (κ1) is 18.1. The Morgan fingerprint density at radius 1 is 1.25 bits per heavy atom. The number of carbonyl (C=O) groups is 1. The Morgan fingerprint density at radius 3 is 2.54 bits per heavy atom. The molecule has 2 aliphatic heterocycles. The second-order valence-electron chi connectivity index (χ2n) is 6.34. The molecule has 3 rings (SSSR count). The van der Waals surface area contributed by atoms with Crippen molar-refractivity contribution >= 4 is 38.9 Å². The Morgan fingerprint density at radius 2 is 1.96 bits per heavy atom. The van der Waals surface area contributed by atoms with Gasteiger partial charge < -0.3 is 4.90 Å². The molecular weight excluding hydrogens is 370 g/mol. The van der Waals surface area contributed by atoms with E-state index >= 15 is 0 Å². The first-order valence-corrected chi connectivity index (χ1v) is 11.1. The van der Waals surface area contributed by atoms with Crippen LogP contribution in [-0.4, -0.2) is 73.5 Å². The third-order valence-electron chi connectivity index (χ3n) is 4.61. The van der Waals surface area contributed by atoms with E-state index in [1.54, 1.807) is 11.3 Å². The Kier molecular flexibility index (Phi) is 5.51. The zero-order valence-corrected chi connectivity index (χ0v) is 16.0. The summed E-state index contributed by atoms with van der Waals surface area (Å²) in [4.78, 5) is 18.0. The van der Waals surface area contributed by atoms with Crippen molar-refractivity contribution in [3.8, 4) is 0 Å². The molecule has 2 fully saturated rings. The lowest BCUT2D eigenvalue weighted by Gasteiger charge is -2.36. The highest BCUT2D eigenvalue weighted by molar-refractivity contribution is 7.88. The largest absolute Gasteiger partial charge is 0.339 e. The molecule has 0 bridgehead atoms. The molecule has 0 radical (unpaired) electrons. The number of sulfonamides is 1. The maximum Gasteiger partial charge on any atom is 0.241 e. The summed E-state index contributed by atoms with van der Waals surface area (Å²) >= 11 is 7.54. The maximum absolute atomic E-state index is 12.7. The smallest absolute Gasteiger partial charge is 0.241 e. The number of hydrogen-bond acceptors (Lipinski definition) is 5. The van der Waals surface area contributed by atoms with Gasteiger partial charge in [0.05, 0.1) is 10.6 Å². The van der Waals surface area contributed by atoms with Gasteiger partial charge in [-0.2, -0.15) is 4.31 Å². The van der Waals surface area contributed by atoms with Gasteiger partial charge in [-0.05, 0) is 25.0 Å². The second kappa shape index (κ2) is 7.29. The van der Waals surface area contributed by atoms with E-state index in [4.69, 9.17) is 11.6 Å². The van der Waals surface area contributed by atoms with E-state index in [1.165, 1.54) is 15.4 Å². The van der Waals surface area contributed by atoms with Crippen molar-refractivity contribution in [2.75, 3.05) is 39.0 Å². The van der Waals surface area contributed by atoms with Gasteiger partial charge >= 0.3 is 0 Å². The normalized spacial score (nSPS) is 23.8. The van der Waals surface area contributed by atoms with Crippen molar-refractivity contribution in [3.63, 3.8) is 0 Å². The Hall–Kier alpha value is -0.670. The highest BCUT2D eigenvalue weighted by atomic mass is 35.5. The summed E-state index contributed by atoms with van der Waals surface area (Å²) in [7, 11) is -3.32. The predicted octanol–water partition coefficient (Wildman–Crippen LogP) is 1.47. The van der Waals surface area contributed by atoms with Gasteiger partial charge in [-0.25, -0.2) is 8.42 Å². The number of amides is 1. The van der Waals surface area contributed by atoms with Gasteiger partial charge in [0.2, 0.25) is 15.9 Å². The molecule has 24 heavy (non-hydrogen) atoms. The third-order valence-corrected chi connectivity index (χ3v) is 7.11. The molecule has 0 aromatic carbocycles. The van der Waals surface area contributed by atoms with Gasteiger partial charge in [-0.1, -0.05) is 11.6 Å². The Labute approximate surface area is 152 Å². The molecular formula is C15H22ClN3O3S2. The van der Waals surface area contributed by atoms with E-state index in [9.17, 15) is 13.2 Å². The molecule has 6 nitrogen and oxygen atoms in total. The van der Waals surface area contributed by atoms with Crippen LogP contribution in [0.4, 0.5) is 0 Å². The molecule has 1 unspecified atom stereocenters. The first-order chi connectivity index (χ1) is 11.3.